The molecule has 6 heteroatoms. The van der Waals surface area contributed by atoms with Gasteiger partial charge in [0.15, 0.2) is 0 Å². The number of amides is 1. The van der Waals surface area contributed by atoms with Crippen molar-refractivity contribution in [3.63, 3.8) is 0 Å². The third-order valence-corrected chi connectivity index (χ3v) is 6.20. The molecular formula is C23H21NO4S. The number of carboxylic acids is 1. The minimum absolute atomic E-state index is 0.0164. The molecule has 0 radical (unpaired) electrons. The van der Waals surface area contributed by atoms with E-state index in [1.54, 1.807) is 6.07 Å². The van der Waals surface area contributed by atoms with E-state index in [0.29, 0.717) is 10.6 Å². The fourth-order valence-corrected chi connectivity index (χ4v) is 4.84. The van der Waals surface area contributed by atoms with Crippen molar-refractivity contribution in [2.75, 3.05) is 11.9 Å². The summed E-state index contributed by atoms with van der Waals surface area (Å²) in [6.45, 7) is 4.06. The second-order valence-electron chi connectivity index (χ2n) is 7.31. The average molecular weight is 407 g/mol. The number of hydrogen-bond donors (Lipinski definition) is 2. The van der Waals surface area contributed by atoms with E-state index < -0.39 is 12.1 Å². The molecule has 0 spiro atoms. The van der Waals surface area contributed by atoms with Gasteiger partial charge in [-0.1, -0.05) is 62.4 Å². The third-order valence-electron chi connectivity index (χ3n) is 5.15. The fourth-order valence-electron chi connectivity index (χ4n) is 3.80. The molecule has 2 aromatic carbocycles. The van der Waals surface area contributed by atoms with Crippen LogP contribution in [-0.2, 0) is 4.74 Å². The van der Waals surface area contributed by atoms with Gasteiger partial charge in [-0.25, -0.2) is 9.59 Å². The van der Waals surface area contributed by atoms with E-state index in [4.69, 9.17) is 4.74 Å². The number of carboxylic acid groups (broad SMARTS) is 1. The first kappa shape index (κ1) is 19.2. The molecule has 0 unspecified atom stereocenters. The molecule has 0 bridgehead atoms. The van der Waals surface area contributed by atoms with Crippen molar-refractivity contribution >= 4 is 28.4 Å². The molecule has 148 valence electrons. The molecule has 4 rings (SSSR count). The van der Waals surface area contributed by atoms with E-state index in [9.17, 15) is 14.7 Å². The number of carbonyl (C=O) groups is 2. The second-order valence-corrected chi connectivity index (χ2v) is 8.36. The van der Waals surface area contributed by atoms with Crippen LogP contribution in [0, 0.1) is 0 Å². The highest BCUT2D eigenvalue weighted by Gasteiger charge is 2.29. The van der Waals surface area contributed by atoms with Crippen LogP contribution in [0.4, 0.5) is 9.80 Å². The van der Waals surface area contributed by atoms with Crippen molar-refractivity contribution in [2.45, 2.75) is 25.7 Å². The summed E-state index contributed by atoms with van der Waals surface area (Å²) in [5, 5.41) is 12.5. The highest BCUT2D eigenvalue weighted by molar-refractivity contribution is 7.18. The normalized spacial score (nSPS) is 12.5. The number of rotatable bonds is 5. The SMILES string of the molecule is CC(C)c1cc(NC(=O)OCC2c3ccccc3-c3ccccc32)sc1C(=O)O. The van der Waals surface area contributed by atoms with Crippen LogP contribution in [0.25, 0.3) is 11.1 Å². The maximum absolute atomic E-state index is 12.4. The zero-order valence-corrected chi connectivity index (χ0v) is 17.0. The third kappa shape index (κ3) is 3.63. The predicted octanol–water partition coefficient (Wildman–Crippen LogP) is 5.93. The highest BCUT2D eigenvalue weighted by Crippen LogP contribution is 2.44. The maximum Gasteiger partial charge on any atom is 0.412 e. The molecule has 1 aliphatic carbocycles. The van der Waals surface area contributed by atoms with Crippen LogP contribution in [0.15, 0.2) is 54.6 Å². The van der Waals surface area contributed by atoms with Crippen molar-refractivity contribution in [3.8, 4) is 11.1 Å². The first-order valence-electron chi connectivity index (χ1n) is 9.44. The first-order chi connectivity index (χ1) is 14.0. The first-order valence-corrected chi connectivity index (χ1v) is 10.3. The van der Waals surface area contributed by atoms with Crippen LogP contribution >= 0.6 is 11.3 Å². The van der Waals surface area contributed by atoms with Gasteiger partial charge in [-0.2, -0.15) is 0 Å². The Morgan fingerprint density at radius 1 is 1.07 bits per heavy atom. The molecule has 1 heterocycles. The molecule has 0 fully saturated rings. The number of nitrogens with one attached hydrogen (secondary N) is 1. The molecule has 5 nitrogen and oxygen atoms in total. The molecule has 0 saturated heterocycles. The molecular weight excluding hydrogens is 386 g/mol. The van der Waals surface area contributed by atoms with Gasteiger partial charge in [-0.05, 0) is 39.8 Å². The zero-order valence-electron chi connectivity index (χ0n) is 16.1. The minimum atomic E-state index is -0.987. The summed E-state index contributed by atoms with van der Waals surface area (Å²) in [4.78, 5) is 24.0. The molecule has 1 amide bonds. The van der Waals surface area contributed by atoms with Crippen LogP contribution in [0.1, 0.15) is 52.0 Å². The van der Waals surface area contributed by atoms with E-state index in [1.807, 2.05) is 38.1 Å². The Morgan fingerprint density at radius 3 is 2.17 bits per heavy atom. The van der Waals surface area contributed by atoms with Gasteiger partial charge in [0, 0.05) is 5.92 Å². The van der Waals surface area contributed by atoms with Crippen molar-refractivity contribution in [1.82, 2.24) is 0 Å². The Hall–Kier alpha value is -3.12. The molecule has 0 saturated carbocycles. The predicted molar refractivity (Wildman–Crippen MR) is 114 cm³/mol. The van der Waals surface area contributed by atoms with Crippen molar-refractivity contribution in [2.24, 2.45) is 0 Å². The lowest BCUT2D eigenvalue weighted by Crippen LogP contribution is -2.17. The zero-order chi connectivity index (χ0) is 20.5. The van der Waals surface area contributed by atoms with Gasteiger partial charge >= 0.3 is 12.1 Å². The van der Waals surface area contributed by atoms with Crippen LogP contribution < -0.4 is 5.32 Å². The number of hydrogen-bond acceptors (Lipinski definition) is 4. The summed E-state index contributed by atoms with van der Waals surface area (Å²) in [5.41, 5.74) is 5.34. The standard InChI is InChI=1S/C23H21NO4S/c1-13(2)18-11-20(29-21(18)22(25)26)24-23(27)28-12-19-16-9-5-3-7-14(16)15-8-4-6-10-17(15)19/h3-11,13,19H,12H2,1-2H3,(H,24,27)(H,25,26). The largest absolute Gasteiger partial charge is 0.477 e. The molecule has 1 aliphatic rings. The van der Waals surface area contributed by atoms with E-state index in [0.717, 1.165) is 22.5 Å². The van der Waals surface area contributed by atoms with E-state index in [2.05, 4.69) is 29.6 Å². The summed E-state index contributed by atoms with van der Waals surface area (Å²) >= 11 is 1.05. The summed E-state index contributed by atoms with van der Waals surface area (Å²) in [6.07, 6.45) is -0.583. The molecule has 0 aliphatic heterocycles. The molecule has 29 heavy (non-hydrogen) atoms. The Labute approximate surface area is 173 Å². The molecule has 3 aromatic rings. The Morgan fingerprint density at radius 2 is 1.66 bits per heavy atom. The Bertz CT molecular complexity index is 1040. The number of anilines is 1. The van der Waals surface area contributed by atoms with Gasteiger partial charge in [0.25, 0.3) is 0 Å². The smallest absolute Gasteiger partial charge is 0.412 e. The van der Waals surface area contributed by atoms with Gasteiger partial charge in [-0.3, -0.25) is 5.32 Å². The maximum atomic E-state index is 12.4. The monoisotopic (exact) mass is 407 g/mol. The summed E-state index contributed by atoms with van der Waals surface area (Å²) < 4.78 is 5.52. The average Bonchev–Trinajstić information content (AvgIpc) is 3.26. The van der Waals surface area contributed by atoms with Crippen LogP contribution in [0.2, 0.25) is 0 Å². The number of thiophene rings is 1. The Balaban J connectivity index is 1.48. The lowest BCUT2D eigenvalue weighted by Gasteiger charge is -2.14. The second kappa shape index (κ2) is 7.72. The number of aromatic carboxylic acids is 1. The molecule has 0 atom stereocenters. The lowest BCUT2D eigenvalue weighted by molar-refractivity contribution is 0.0700. The van der Waals surface area contributed by atoms with Crippen molar-refractivity contribution in [3.05, 3.63) is 76.2 Å². The topological polar surface area (TPSA) is 75.6 Å². The van der Waals surface area contributed by atoms with Crippen LogP contribution in [-0.4, -0.2) is 23.8 Å². The van der Waals surface area contributed by atoms with Crippen molar-refractivity contribution in [1.29, 1.82) is 0 Å². The van der Waals surface area contributed by atoms with Gasteiger partial charge in [-0.15, -0.1) is 11.3 Å². The van der Waals surface area contributed by atoms with E-state index in [1.165, 1.54) is 11.1 Å². The quantitative estimate of drug-likeness (QED) is 0.549. The van der Waals surface area contributed by atoms with E-state index in [-0.39, 0.29) is 23.3 Å². The van der Waals surface area contributed by atoms with Gasteiger partial charge < -0.3 is 9.84 Å². The van der Waals surface area contributed by atoms with Crippen LogP contribution in [0.3, 0.4) is 0 Å². The van der Waals surface area contributed by atoms with Crippen molar-refractivity contribution < 1.29 is 19.4 Å². The number of carbonyl (C=O) groups excluding carboxylic acids is 1. The van der Waals surface area contributed by atoms with Gasteiger partial charge in [0.2, 0.25) is 0 Å². The number of fused-ring (bicyclic) bond motifs is 3. The summed E-state index contributed by atoms with van der Waals surface area (Å²) in [5.74, 6) is -0.952. The summed E-state index contributed by atoms with van der Waals surface area (Å²) in [6, 6.07) is 18.0. The van der Waals surface area contributed by atoms with Crippen LogP contribution in [0.5, 0.6) is 0 Å². The Kier molecular flexibility index (Phi) is 5.11. The number of benzene rings is 2. The van der Waals surface area contributed by atoms with Gasteiger partial charge in [0.05, 0.1) is 5.00 Å². The highest BCUT2D eigenvalue weighted by atomic mass is 32.1. The van der Waals surface area contributed by atoms with E-state index >= 15 is 0 Å². The summed E-state index contributed by atoms with van der Waals surface area (Å²) in [7, 11) is 0. The molecule has 1 aromatic heterocycles. The molecule has 2 N–H and O–H groups in total. The number of ether oxygens (including phenoxy) is 1. The van der Waals surface area contributed by atoms with Gasteiger partial charge in [0.1, 0.15) is 11.5 Å². The minimum Gasteiger partial charge on any atom is -0.477 e. The lowest BCUT2D eigenvalue weighted by atomic mass is 9.98. The fraction of sp³-hybridized carbons (Fsp3) is 0.217.